The number of para-hydroxylation sites is 1. The fraction of sp³-hybridized carbons (Fsp3) is 0.154. The topological polar surface area (TPSA) is 29.1 Å². The van der Waals surface area contributed by atoms with Gasteiger partial charge in [-0.05, 0) is 30.0 Å². The van der Waals surface area contributed by atoms with Crippen LogP contribution in [0.5, 0.6) is 0 Å². The molecule has 1 amide bonds. The molecule has 2 nitrogen and oxygen atoms in total. The molecule has 0 bridgehead atoms. The fourth-order valence-corrected chi connectivity index (χ4v) is 2.37. The number of thiophene rings is 1. The maximum absolute atomic E-state index is 11.9. The van der Waals surface area contributed by atoms with E-state index in [2.05, 4.69) is 5.32 Å². The molecule has 88 valence electrons. The van der Waals surface area contributed by atoms with E-state index in [0.29, 0.717) is 5.56 Å². The standard InChI is InChI=1S/C13H12ClNOS/c1-9(14)11-4-2-3-5-12(11)15-13(16)10-6-7-17-8-10/h2-9H,1H3,(H,15,16). The zero-order valence-corrected chi connectivity index (χ0v) is 10.9. The number of nitrogens with one attached hydrogen (secondary N) is 1. The SMILES string of the molecule is CC(Cl)c1ccccc1NC(=O)c1ccsc1. The van der Waals surface area contributed by atoms with Crippen LogP contribution in [0.3, 0.4) is 0 Å². The van der Waals surface area contributed by atoms with Gasteiger partial charge in [-0.1, -0.05) is 18.2 Å². The van der Waals surface area contributed by atoms with E-state index >= 15 is 0 Å². The van der Waals surface area contributed by atoms with Crippen molar-refractivity contribution in [1.82, 2.24) is 0 Å². The van der Waals surface area contributed by atoms with Crippen molar-refractivity contribution in [3.8, 4) is 0 Å². The lowest BCUT2D eigenvalue weighted by atomic mass is 10.1. The largest absolute Gasteiger partial charge is 0.322 e. The van der Waals surface area contributed by atoms with Crippen molar-refractivity contribution in [1.29, 1.82) is 0 Å². The van der Waals surface area contributed by atoms with E-state index in [1.54, 1.807) is 6.07 Å². The van der Waals surface area contributed by atoms with Crippen LogP contribution in [0.25, 0.3) is 0 Å². The van der Waals surface area contributed by atoms with Crippen molar-refractivity contribution in [2.45, 2.75) is 12.3 Å². The first-order valence-corrected chi connectivity index (χ1v) is 6.63. The van der Waals surface area contributed by atoms with Gasteiger partial charge in [0.2, 0.25) is 0 Å². The summed E-state index contributed by atoms with van der Waals surface area (Å²) in [7, 11) is 0. The summed E-state index contributed by atoms with van der Waals surface area (Å²) in [6.07, 6.45) is 0. The maximum Gasteiger partial charge on any atom is 0.256 e. The van der Waals surface area contributed by atoms with E-state index in [9.17, 15) is 4.79 Å². The Balaban J connectivity index is 2.22. The normalized spacial score (nSPS) is 12.1. The number of carbonyl (C=O) groups is 1. The number of halogens is 1. The lowest BCUT2D eigenvalue weighted by molar-refractivity contribution is 0.102. The summed E-state index contributed by atoms with van der Waals surface area (Å²) in [5.41, 5.74) is 2.37. The predicted molar refractivity (Wildman–Crippen MR) is 73.0 cm³/mol. The molecule has 1 N–H and O–H groups in total. The van der Waals surface area contributed by atoms with Crippen LogP contribution in [0.2, 0.25) is 0 Å². The second kappa shape index (κ2) is 5.34. The van der Waals surface area contributed by atoms with Crippen LogP contribution in [-0.4, -0.2) is 5.91 Å². The molecule has 0 aliphatic carbocycles. The van der Waals surface area contributed by atoms with E-state index in [4.69, 9.17) is 11.6 Å². The van der Waals surface area contributed by atoms with Gasteiger partial charge in [-0.2, -0.15) is 11.3 Å². The third-order valence-corrected chi connectivity index (χ3v) is 3.34. The third kappa shape index (κ3) is 2.87. The molecule has 4 heteroatoms. The first kappa shape index (κ1) is 12.1. The van der Waals surface area contributed by atoms with Crippen molar-refractivity contribution >= 4 is 34.5 Å². The number of alkyl halides is 1. The van der Waals surface area contributed by atoms with Crippen molar-refractivity contribution in [3.63, 3.8) is 0 Å². The van der Waals surface area contributed by atoms with Gasteiger partial charge in [0.15, 0.2) is 0 Å². The molecule has 17 heavy (non-hydrogen) atoms. The predicted octanol–water partition coefficient (Wildman–Crippen LogP) is 4.30. The van der Waals surface area contributed by atoms with E-state index in [1.165, 1.54) is 11.3 Å². The Morgan fingerprint density at radius 1 is 1.35 bits per heavy atom. The van der Waals surface area contributed by atoms with Crippen LogP contribution < -0.4 is 5.32 Å². The highest BCUT2D eigenvalue weighted by Crippen LogP contribution is 2.27. The van der Waals surface area contributed by atoms with Gasteiger partial charge in [-0.25, -0.2) is 0 Å². The molecular formula is C13H12ClNOS. The van der Waals surface area contributed by atoms with Gasteiger partial charge >= 0.3 is 0 Å². The van der Waals surface area contributed by atoms with Crippen LogP contribution in [0.15, 0.2) is 41.1 Å². The molecule has 0 radical (unpaired) electrons. The number of amides is 1. The number of carbonyl (C=O) groups excluding carboxylic acids is 1. The zero-order chi connectivity index (χ0) is 12.3. The first-order chi connectivity index (χ1) is 8.18. The summed E-state index contributed by atoms with van der Waals surface area (Å²) in [4.78, 5) is 11.9. The summed E-state index contributed by atoms with van der Waals surface area (Å²) in [6, 6.07) is 9.37. The molecule has 2 aromatic rings. The molecule has 1 unspecified atom stereocenters. The molecule has 1 aromatic carbocycles. The third-order valence-electron chi connectivity index (χ3n) is 2.42. The van der Waals surface area contributed by atoms with Gasteiger partial charge in [0, 0.05) is 11.1 Å². The van der Waals surface area contributed by atoms with Crippen molar-refractivity contribution in [3.05, 3.63) is 52.2 Å². The summed E-state index contributed by atoms with van der Waals surface area (Å²) >= 11 is 7.57. The highest BCUT2D eigenvalue weighted by Gasteiger charge is 2.11. The molecule has 1 aromatic heterocycles. The van der Waals surface area contributed by atoms with Crippen LogP contribution >= 0.6 is 22.9 Å². The summed E-state index contributed by atoms with van der Waals surface area (Å²) in [5, 5.41) is 6.45. The van der Waals surface area contributed by atoms with Crippen molar-refractivity contribution < 1.29 is 4.79 Å². The Morgan fingerprint density at radius 2 is 2.12 bits per heavy atom. The van der Waals surface area contributed by atoms with Crippen LogP contribution in [0, 0.1) is 0 Å². The number of hydrogen-bond donors (Lipinski definition) is 1. The summed E-state index contributed by atoms with van der Waals surface area (Å²) < 4.78 is 0. The van der Waals surface area contributed by atoms with Crippen LogP contribution in [-0.2, 0) is 0 Å². The molecular weight excluding hydrogens is 254 g/mol. The van der Waals surface area contributed by atoms with Crippen molar-refractivity contribution in [2.24, 2.45) is 0 Å². The second-order valence-corrected chi connectivity index (χ2v) is 5.10. The van der Waals surface area contributed by atoms with E-state index < -0.39 is 0 Å². The van der Waals surface area contributed by atoms with Crippen LogP contribution in [0.4, 0.5) is 5.69 Å². The minimum absolute atomic E-state index is 0.101. The molecule has 0 saturated carbocycles. The molecule has 2 rings (SSSR count). The van der Waals surface area contributed by atoms with Crippen molar-refractivity contribution in [2.75, 3.05) is 5.32 Å². The number of anilines is 1. The highest BCUT2D eigenvalue weighted by atomic mass is 35.5. The molecule has 0 aliphatic rings. The average molecular weight is 266 g/mol. The number of rotatable bonds is 3. The average Bonchev–Trinajstić information content (AvgIpc) is 2.83. The van der Waals surface area contributed by atoms with E-state index in [0.717, 1.165) is 11.3 Å². The zero-order valence-electron chi connectivity index (χ0n) is 9.31. The van der Waals surface area contributed by atoms with Gasteiger partial charge in [0.1, 0.15) is 0 Å². The Labute approximate surface area is 109 Å². The van der Waals surface area contributed by atoms with E-state index in [-0.39, 0.29) is 11.3 Å². The molecule has 0 aliphatic heterocycles. The number of benzene rings is 1. The quantitative estimate of drug-likeness (QED) is 0.824. The van der Waals surface area contributed by atoms with Crippen LogP contribution in [0.1, 0.15) is 28.2 Å². The Hall–Kier alpha value is -1.32. The smallest absolute Gasteiger partial charge is 0.256 e. The first-order valence-electron chi connectivity index (χ1n) is 5.25. The Bertz CT molecular complexity index is 508. The monoisotopic (exact) mass is 265 g/mol. The van der Waals surface area contributed by atoms with Gasteiger partial charge in [0.25, 0.3) is 5.91 Å². The Kier molecular flexibility index (Phi) is 3.82. The molecule has 0 spiro atoms. The molecule has 0 fully saturated rings. The minimum Gasteiger partial charge on any atom is -0.322 e. The fourth-order valence-electron chi connectivity index (χ4n) is 1.55. The van der Waals surface area contributed by atoms with Gasteiger partial charge in [0.05, 0.1) is 10.9 Å². The molecule has 1 atom stereocenters. The summed E-state index contributed by atoms with van der Waals surface area (Å²) in [5.74, 6) is -0.101. The molecule has 1 heterocycles. The minimum atomic E-state index is -0.131. The second-order valence-electron chi connectivity index (χ2n) is 3.67. The Morgan fingerprint density at radius 3 is 2.76 bits per heavy atom. The lowest BCUT2D eigenvalue weighted by Gasteiger charge is -2.11. The van der Waals surface area contributed by atoms with Gasteiger partial charge in [-0.3, -0.25) is 4.79 Å². The molecule has 0 saturated heterocycles. The lowest BCUT2D eigenvalue weighted by Crippen LogP contribution is -2.12. The highest BCUT2D eigenvalue weighted by molar-refractivity contribution is 7.08. The van der Waals surface area contributed by atoms with Gasteiger partial charge in [-0.15, -0.1) is 11.6 Å². The number of hydrogen-bond acceptors (Lipinski definition) is 2. The maximum atomic E-state index is 11.9. The van der Waals surface area contributed by atoms with Gasteiger partial charge < -0.3 is 5.32 Å². The van der Waals surface area contributed by atoms with E-state index in [1.807, 2.05) is 41.9 Å². The summed E-state index contributed by atoms with van der Waals surface area (Å²) in [6.45, 7) is 1.89.